The Morgan fingerprint density at radius 2 is 1.70 bits per heavy atom. The molecule has 170 valence electrons. The van der Waals surface area contributed by atoms with Crippen LogP contribution in [-0.2, 0) is 11.8 Å². The maximum atomic E-state index is 6.08. The summed E-state index contributed by atoms with van der Waals surface area (Å²) in [6.07, 6.45) is 7.82. The van der Waals surface area contributed by atoms with E-state index in [9.17, 15) is 0 Å². The molecule has 5 rings (SSSR count). The van der Waals surface area contributed by atoms with Gasteiger partial charge < -0.3 is 14.5 Å². The van der Waals surface area contributed by atoms with Crippen LogP contribution in [0, 0.1) is 6.92 Å². The first kappa shape index (κ1) is 21.5. The highest BCUT2D eigenvalue weighted by Crippen LogP contribution is 2.27. The van der Waals surface area contributed by atoms with E-state index in [1.807, 2.05) is 41.8 Å². The molecule has 0 radical (unpaired) electrons. The van der Waals surface area contributed by atoms with E-state index < -0.39 is 0 Å². The largest absolute Gasteiger partial charge is 0.463 e. The number of ether oxygens (including phenoxy) is 1. The van der Waals surface area contributed by atoms with Gasteiger partial charge in [-0.05, 0) is 37.7 Å². The van der Waals surface area contributed by atoms with Crippen molar-refractivity contribution < 1.29 is 4.74 Å². The fraction of sp³-hybridized carbons (Fsp3) is 0.320. The topological polar surface area (TPSA) is 50.8 Å². The molecule has 0 aliphatic carbocycles. The average Bonchev–Trinajstić information content (AvgIpc) is 3.45. The fourth-order valence-corrected chi connectivity index (χ4v) is 4.54. The summed E-state index contributed by atoms with van der Waals surface area (Å²) >= 11 is 5.62. The first-order chi connectivity index (χ1) is 16.0. The number of fused-ring (bicyclic) bond motifs is 1. The second-order valence-corrected chi connectivity index (χ2v) is 8.94. The normalized spacial score (nSPS) is 15.1. The van der Waals surface area contributed by atoms with E-state index in [1.54, 1.807) is 0 Å². The van der Waals surface area contributed by atoms with E-state index in [1.165, 1.54) is 5.56 Å². The van der Waals surface area contributed by atoms with Crippen molar-refractivity contribution in [2.24, 2.45) is 7.05 Å². The second-order valence-electron chi connectivity index (χ2n) is 8.59. The smallest absolute Gasteiger partial charge is 0.260 e. The molecule has 1 aliphatic heterocycles. The Morgan fingerprint density at radius 3 is 2.39 bits per heavy atom. The standard InChI is InChI=1S/C25H28N6OS/c1-18-4-6-20(7-5-18)19(2)32-25(33)30-12-10-29(11-13-30)24-15-27-31-17-21(8-9-23(24)31)22-14-26-28(3)16-22/h4-9,14-17,19H,10-13H2,1-3H3/t19-/m1/s1. The third-order valence-corrected chi connectivity index (χ3v) is 6.59. The number of hydrogen-bond donors (Lipinski definition) is 0. The predicted molar refractivity (Wildman–Crippen MR) is 134 cm³/mol. The Balaban J connectivity index is 1.22. The molecule has 0 bridgehead atoms. The lowest BCUT2D eigenvalue weighted by Crippen LogP contribution is -2.49. The summed E-state index contributed by atoms with van der Waals surface area (Å²) in [6.45, 7) is 7.52. The van der Waals surface area contributed by atoms with Crippen molar-refractivity contribution in [3.63, 3.8) is 0 Å². The van der Waals surface area contributed by atoms with Crippen LogP contribution in [0.2, 0.25) is 0 Å². The predicted octanol–water partition coefficient (Wildman–Crippen LogP) is 4.23. The van der Waals surface area contributed by atoms with E-state index >= 15 is 0 Å². The molecule has 1 aliphatic rings. The minimum absolute atomic E-state index is 0.0650. The lowest BCUT2D eigenvalue weighted by atomic mass is 10.1. The van der Waals surface area contributed by atoms with Gasteiger partial charge in [-0.2, -0.15) is 10.2 Å². The van der Waals surface area contributed by atoms with Crippen molar-refractivity contribution in [1.29, 1.82) is 0 Å². The van der Waals surface area contributed by atoms with Gasteiger partial charge in [0.15, 0.2) is 0 Å². The van der Waals surface area contributed by atoms with Crippen LogP contribution in [0.1, 0.15) is 24.2 Å². The van der Waals surface area contributed by atoms with Gasteiger partial charge in [0.1, 0.15) is 6.10 Å². The lowest BCUT2D eigenvalue weighted by molar-refractivity contribution is 0.171. The quantitative estimate of drug-likeness (QED) is 0.425. The van der Waals surface area contributed by atoms with Crippen LogP contribution in [0.4, 0.5) is 5.69 Å². The SMILES string of the molecule is Cc1ccc([C@@H](C)OC(=S)N2CCN(c3cnn4cc(-c5cnn(C)c5)ccc34)CC2)cc1. The molecule has 0 spiro atoms. The molecule has 4 aromatic rings. The number of aryl methyl sites for hydroxylation is 2. The summed E-state index contributed by atoms with van der Waals surface area (Å²) in [5.74, 6) is 0. The third kappa shape index (κ3) is 4.43. The van der Waals surface area contributed by atoms with Crippen LogP contribution in [0.25, 0.3) is 16.6 Å². The molecular formula is C25H28N6OS. The van der Waals surface area contributed by atoms with E-state index in [4.69, 9.17) is 17.0 Å². The minimum Gasteiger partial charge on any atom is -0.463 e. The first-order valence-electron chi connectivity index (χ1n) is 11.2. The van der Waals surface area contributed by atoms with Crippen LogP contribution < -0.4 is 4.90 Å². The number of piperazine rings is 1. The van der Waals surface area contributed by atoms with Gasteiger partial charge in [0.25, 0.3) is 5.17 Å². The number of rotatable bonds is 4. The van der Waals surface area contributed by atoms with Crippen LogP contribution >= 0.6 is 12.2 Å². The Kier molecular flexibility index (Phi) is 5.76. The van der Waals surface area contributed by atoms with Crippen molar-refractivity contribution in [3.05, 3.63) is 72.3 Å². The fourth-order valence-electron chi connectivity index (χ4n) is 4.22. The molecule has 1 fully saturated rings. The van der Waals surface area contributed by atoms with Gasteiger partial charge in [0, 0.05) is 56.7 Å². The molecule has 7 nitrogen and oxygen atoms in total. The van der Waals surface area contributed by atoms with Crippen molar-refractivity contribution in [2.45, 2.75) is 20.0 Å². The van der Waals surface area contributed by atoms with Crippen LogP contribution in [-0.4, -0.2) is 55.6 Å². The molecule has 4 heterocycles. The molecule has 3 aromatic heterocycles. The number of pyridine rings is 1. The van der Waals surface area contributed by atoms with Crippen LogP contribution in [0.3, 0.4) is 0 Å². The third-order valence-electron chi connectivity index (χ3n) is 6.24. The number of hydrogen-bond acceptors (Lipinski definition) is 5. The summed E-state index contributed by atoms with van der Waals surface area (Å²) in [6, 6.07) is 12.7. The molecule has 8 heteroatoms. The molecule has 0 amide bonds. The van der Waals surface area contributed by atoms with Gasteiger partial charge in [-0.15, -0.1) is 0 Å². The lowest BCUT2D eigenvalue weighted by Gasteiger charge is -2.37. The first-order valence-corrected chi connectivity index (χ1v) is 11.6. The highest BCUT2D eigenvalue weighted by molar-refractivity contribution is 7.80. The summed E-state index contributed by atoms with van der Waals surface area (Å²) in [7, 11) is 1.92. The Hall–Kier alpha value is -3.39. The van der Waals surface area contributed by atoms with E-state index in [0.717, 1.165) is 54.1 Å². The molecular weight excluding hydrogens is 432 g/mol. The molecule has 1 aromatic carbocycles. The number of aromatic nitrogens is 4. The van der Waals surface area contributed by atoms with E-state index in [-0.39, 0.29) is 6.10 Å². The zero-order valence-electron chi connectivity index (χ0n) is 19.2. The van der Waals surface area contributed by atoms with E-state index in [2.05, 4.69) is 69.5 Å². The minimum atomic E-state index is -0.0650. The maximum absolute atomic E-state index is 6.08. The van der Waals surface area contributed by atoms with Gasteiger partial charge in [-0.3, -0.25) is 4.68 Å². The number of nitrogens with zero attached hydrogens (tertiary/aromatic N) is 6. The number of thiocarbonyl (C=S) groups is 1. The highest BCUT2D eigenvalue weighted by Gasteiger charge is 2.23. The zero-order chi connectivity index (χ0) is 22.9. The molecule has 0 saturated carbocycles. The summed E-state index contributed by atoms with van der Waals surface area (Å²) in [4.78, 5) is 4.53. The summed E-state index contributed by atoms with van der Waals surface area (Å²) < 4.78 is 9.84. The maximum Gasteiger partial charge on any atom is 0.260 e. The molecule has 33 heavy (non-hydrogen) atoms. The Bertz CT molecular complexity index is 1270. The van der Waals surface area contributed by atoms with Gasteiger partial charge in [0.2, 0.25) is 0 Å². The molecule has 1 atom stereocenters. The number of anilines is 1. The van der Waals surface area contributed by atoms with Gasteiger partial charge >= 0.3 is 0 Å². The molecule has 1 saturated heterocycles. The molecule has 0 N–H and O–H groups in total. The van der Waals surface area contributed by atoms with Crippen LogP contribution in [0.15, 0.2) is 61.2 Å². The van der Waals surface area contributed by atoms with E-state index in [0.29, 0.717) is 5.17 Å². The monoisotopic (exact) mass is 460 g/mol. The van der Waals surface area contributed by atoms with Crippen molar-refractivity contribution in [1.82, 2.24) is 24.3 Å². The Labute approximate surface area is 199 Å². The molecule has 0 unspecified atom stereocenters. The van der Waals surface area contributed by atoms with Gasteiger partial charge in [0.05, 0.1) is 23.6 Å². The summed E-state index contributed by atoms with van der Waals surface area (Å²) in [5, 5.41) is 9.44. The summed E-state index contributed by atoms with van der Waals surface area (Å²) in [5.41, 5.74) is 6.80. The van der Waals surface area contributed by atoms with Crippen molar-refractivity contribution in [2.75, 3.05) is 31.1 Å². The second kappa shape index (κ2) is 8.86. The zero-order valence-corrected chi connectivity index (χ0v) is 20.0. The van der Waals surface area contributed by atoms with Crippen molar-refractivity contribution >= 4 is 28.6 Å². The van der Waals surface area contributed by atoms with Crippen LogP contribution in [0.5, 0.6) is 0 Å². The van der Waals surface area contributed by atoms with Gasteiger partial charge in [-0.25, -0.2) is 4.52 Å². The number of benzene rings is 1. The van der Waals surface area contributed by atoms with Crippen molar-refractivity contribution in [3.8, 4) is 11.1 Å². The van der Waals surface area contributed by atoms with Gasteiger partial charge in [-0.1, -0.05) is 35.9 Å². The average molecular weight is 461 g/mol. The Morgan fingerprint density at radius 1 is 0.939 bits per heavy atom. The highest BCUT2D eigenvalue weighted by atomic mass is 32.1.